The van der Waals surface area contributed by atoms with E-state index < -0.39 is 0 Å². The molecule has 1 heterocycles. The topological polar surface area (TPSA) is 32.7 Å². The van der Waals surface area contributed by atoms with Gasteiger partial charge in [0.2, 0.25) is 0 Å². The molecule has 0 spiro atoms. The third-order valence-electron chi connectivity index (χ3n) is 4.18. The molecule has 0 aromatic heterocycles. The molecule has 1 aliphatic rings. The minimum atomic E-state index is 0.311. The highest BCUT2D eigenvalue weighted by Crippen LogP contribution is 2.23. The molecule has 2 rings (SSSR count). The zero-order valence-electron chi connectivity index (χ0n) is 13.2. The molecule has 1 aromatic rings. The van der Waals surface area contributed by atoms with Gasteiger partial charge in [0.1, 0.15) is 5.75 Å². The molecule has 21 heavy (non-hydrogen) atoms. The fourth-order valence-electron chi connectivity index (χ4n) is 3.11. The summed E-state index contributed by atoms with van der Waals surface area (Å²) in [4.78, 5) is 2.56. The molecule has 1 aromatic carbocycles. The van der Waals surface area contributed by atoms with E-state index in [0.29, 0.717) is 12.6 Å². The van der Waals surface area contributed by atoms with Crippen molar-refractivity contribution < 1.29 is 9.84 Å². The number of likely N-dealkylation sites (tertiary alicyclic amines) is 1. The number of ether oxygens (including phenoxy) is 1. The summed E-state index contributed by atoms with van der Waals surface area (Å²) in [7, 11) is 1.69. The van der Waals surface area contributed by atoms with Crippen molar-refractivity contribution in [2.75, 3.05) is 26.8 Å². The molecule has 0 aliphatic carbocycles. The van der Waals surface area contributed by atoms with E-state index in [1.165, 1.54) is 30.5 Å². The smallest absolute Gasteiger partial charge is 0.118 e. The molecule has 116 valence electrons. The van der Waals surface area contributed by atoms with Gasteiger partial charge < -0.3 is 9.84 Å². The second kappa shape index (κ2) is 8.20. The Balaban J connectivity index is 1.92. The second-order valence-corrected chi connectivity index (χ2v) is 5.90. The Morgan fingerprint density at radius 2 is 2.14 bits per heavy atom. The van der Waals surface area contributed by atoms with Crippen LogP contribution in [-0.4, -0.2) is 42.9 Å². The van der Waals surface area contributed by atoms with Crippen LogP contribution in [0.1, 0.15) is 38.2 Å². The molecule has 0 bridgehead atoms. The minimum Gasteiger partial charge on any atom is -0.497 e. The van der Waals surface area contributed by atoms with Crippen molar-refractivity contribution in [3.05, 3.63) is 35.4 Å². The van der Waals surface area contributed by atoms with Crippen LogP contribution in [0.3, 0.4) is 0 Å². The molecule has 1 saturated heterocycles. The molecular weight excluding hydrogens is 262 g/mol. The van der Waals surface area contributed by atoms with Crippen molar-refractivity contribution in [3.8, 4) is 5.75 Å². The van der Waals surface area contributed by atoms with Gasteiger partial charge in [0.15, 0.2) is 0 Å². The molecular formula is C18H27NO2. The number of aliphatic hydroxyl groups excluding tert-OH is 1. The van der Waals surface area contributed by atoms with Gasteiger partial charge in [-0.2, -0.15) is 0 Å². The SMILES string of the molecule is COc1ccc(/C=C(/C)CN2CCCC2CCCO)cc1. The van der Waals surface area contributed by atoms with Gasteiger partial charge in [-0.25, -0.2) is 0 Å². The first-order valence-corrected chi connectivity index (χ1v) is 7.89. The second-order valence-electron chi connectivity index (χ2n) is 5.90. The molecule has 1 fully saturated rings. The van der Waals surface area contributed by atoms with Crippen LogP contribution in [0.2, 0.25) is 0 Å². The Morgan fingerprint density at radius 1 is 1.38 bits per heavy atom. The summed E-state index contributed by atoms with van der Waals surface area (Å²) >= 11 is 0. The first-order valence-electron chi connectivity index (χ1n) is 7.89. The van der Waals surface area contributed by atoms with E-state index in [-0.39, 0.29) is 0 Å². The van der Waals surface area contributed by atoms with Gasteiger partial charge in [-0.05, 0) is 56.8 Å². The summed E-state index contributed by atoms with van der Waals surface area (Å²) in [6.45, 7) is 4.72. The van der Waals surface area contributed by atoms with Crippen LogP contribution in [0.4, 0.5) is 0 Å². The maximum absolute atomic E-state index is 8.99. The summed E-state index contributed by atoms with van der Waals surface area (Å²) in [5.41, 5.74) is 2.61. The van der Waals surface area contributed by atoms with Crippen LogP contribution in [-0.2, 0) is 0 Å². The summed E-state index contributed by atoms with van der Waals surface area (Å²) in [6, 6.07) is 8.83. The molecule has 1 N–H and O–H groups in total. The van der Waals surface area contributed by atoms with Crippen LogP contribution in [0.25, 0.3) is 6.08 Å². The van der Waals surface area contributed by atoms with Gasteiger partial charge in [0.05, 0.1) is 7.11 Å². The van der Waals surface area contributed by atoms with E-state index in [1.807, 2.05) is 12.1 Å². The molecule has 0 amide bonds. The number of hydrogen-bond donors (Lipinski definition) is 1. The van der Waals surface area contributed by atoms with Gasteiger partial charge in [0, 0.05) is 19.2 Å². The van der Waals surface area contributed by atoms with Crippen LogP contribution < -0.4 is 4.74 Å². The molecule has 0 radical (unpaired) electrons. The third-order valence-corrected chi connectivity index (χ3v) is 4.18. The lowest BCUT2D eigenvalue weighted by Crippen LogP contribution is -2.31. The van der Waals surface area contributed by atoms with Crippen molar-refractivity contribution in [1.29, 1.82) is 0 Å². The Kier molecular flexibility index (Phi) is 6.27. The maximum atomic E-state index is 8.99. The minimum absolute atomic E-state index is 0.311. The Bertz CT molecular complexity index is 453. The summed E-state index contributed by atoms with van der Waals surface area (Å²) < 4.78 is 5.18. The van der Waals surface area contributed by atoms with Gasteiger partial charge in [-0.1, -0.05) is 23.8 Å². The predicted molar refractivity (Wildman–Crippen MR) is 87.6 cm³/mol. The van der Waals surface area contributed by atoms with Crippen molar-refractivity contribution >= 4 is 6.08 Å². The molecule has 3 heteroatoms. The highest BCUT2D eigenvalue weighted by Gasteiger charge is 2.23. The molecule has 1 atom stereocenters. The number of rotatable bonds is 7. The van der Waals surface area contributed by atoms with E-state index in [0.717, 1.165) is 25.1 Å². The van der Waals surface area contributed by atoms with Gasteiger partial charge in [-0.3, -0.25) is 4.90 Å². The van der Waals surface area contributed by atoms with E-state index in [4.69, 9.17) is 9.84 Å². The molecule has 3 nitrogen and oxygen atoms in total. The largest absolute Gasteiger partial charge is 0.497 e. The number of benzene rings is 1. The van der Waals surface area contributed by atoms with Crippen molar-refractivity contribution in [2.45, 2.75) is 38.6 Å². The van der Waals surface area contributed by atoms with Crippen molar-refractivity contribution in [3.63, 3.8) is 0 Å². The van der Waals surface area contributed by atoms with Crippen molar-refractivity contribution in [2.24, 2.45) is 0 Å². The first kappa shape index (κ1) is 16.1. The Hall–Kier alpha value is -1.32. The fourth-order valence-corrected chi connectivity index (χ4v) is 3.11. The van der Waals surface area contributed by atoms with Crippen LogP contribution in [0.5, 0.6) is 5.75 Å². The first-order chi connectivity index (χ1) is 10.2. The zero-order valence-corrected chi connectivity index (χ0v) is 13.2. The number of aliphatic hydroxyl groups is 1. The fraction of sp³-hybridized carbons (Fsp3) is 0.556. The summed E-state index contributed by atoms with van der Waals surface area (Å²) in [5.74, 6) is 0.897. The zero-order chi connectivity index (χ0) is 15.1. The monoisotopic (exact) mass is 289 g/mol. The van der Waals surface area contributed by atoms with Gasteiger partial charge in [-0.15, -0.1) is 0 Å². The summed E-state index contributed by atoms with van der Waals surface area (Å²) in [6.07, 6.45) is 6.84. The van der Waals surface area contributed by atoms with E-state index in [2.05, 4.69) is 30.0 Å². The number of nitrogens with zero attached hydrogens (tertiary/aromatic N) is 1. The standard InChI is InChI=1S/C18H27NO2/c1-15(13-16-7-9-18(21-2)10-8-16)14-19-11-3-5-17(19)6-4-12-20/h7-10,13,17,20H,3-6,11-12,14H2,1-2H3/b15-13-. The molecule has 0 saturated carbocycles. The Morgan fingerprint density at radius 3 is 2.81 bits per heavy atom. The Labute approximate surface area is 128 Å². The highest BCUT2D eigenvalue weighted by atomic mass is 16.5. The molecule has 1 unspecified atom stereocenters. The van der Waals surface area contributed by atoms with E-state index >= 15 is 0 Å². The maximum Gasteiger partial charge on any atom is 0.118 e. The van der Waals surface area contributed by atoms with Gasteiger partial charge >= 0.3 is 0 Å². The average Bonchev–Trinajstić information content (AvgIpc) is 2.93. The third kappa shape index (κ3) is 4.87. The average molecular weight is 289 g/mol. The van der Waals surface area contributed by atoms with Crippen molar-refractivity contribution in [1.82, 2.24) is 4.90 Å². The number of methoxy groups -OCH3 is 1. The van der Waals surface area contributed by atoms with Crippen LogP contribution in [0, 0.1) is 0 Å². The normalized spacial score (nSPS) is 20.0. The lowest BCUT2D eigenvalue weighted by atomic mass is 10.1. The van der Waals surface area contributed by atoms with Crippen LogP contribution in [0.15, 0.2) is 29.8 Å². The van der Waals surface area contributed by atoms with E-state index in [9.17, 15) is 0 Å². The van der Waals surface area contributed by atoms with Gasteiger partial charge in [0.25, 0.3) is 0 Å². The lowest BCUT2D eigenvalue weighted by Gasteiger charge is -2.24. The summed E-state index contributed by atoms with van der Waals surface area (Å²) in [5, 5.41) is 8.99. The number of hydrogen-bond acceptors (Lipinski definition) is 3. The predicted octanol–water partition coefficient (Wildman–Crippen LogP) is 3.34. The van der Waals surface area contributed by atoms with E-state index in [1.54, 1.807) is 7.11 Å². The quantitative estimate of drug-likeness (QED) is 0.835. The lowest BCUT2D eigenvalue weighted by molar-refractivity contribution is 0.228. The highest BCUT2D eigenvalue weighted by molar-refractivity contribution is 5.53. The van der Waals surface area contributed by atoms with Crippen LogP contribution >= 0.6 is 0 Å². The molecule has 1 aliphatic heterocycles.